The number of para-hydroxylation sites is 1. The number of nitrogens with zero attached hydrogens (tertiary/aromatic N) is 4. The Kier molecular flexibility index (Phi) is 5.65. The molecule has 1 aliphatic heterocycles. The van der Waals surface area contributed by atoms with Crippen LogP contribution in [0.2, 0.25) is 5.02 Å². The zero-order chi connectivity index (χ0) is 23.1. The van der Waals surface area contributed by atoms with Gasteiger partial charge in [0.2, 0.25) is 5.95 Å². The van der Waals surface area contributed by atoms with E-state index >= 15 is 0 Å². The molecule has 34 heavy (non-hydrogen) atoms. The van der Waals surface area contributed by atoms with Gasteiger partial charge in [-0.1, -0.05) is 76.1 Å². The highest BCUT2D eigenvalue weighted by Gasteiger charge is 2.32. The average Bonchev–Trinajstić information content (AvgIpc) is 3.54. The molecule has 5 aromatic rings. The fourth-order valence-corrected chi connectivity index (χ4v) is 5.52. The summed E-state index contributed by atoms with van der Waals surface area (Å²) in [6.07, 6.45) is 0.781. The molecule has 1 aliphatic rings. The number of rotatable bonds is 4. The molecule has 2 aromatic heterocycles. The summed E-state index contributed by atoms with van der Waals surface area (Å²) in [5, 5.41) is 10.8. The molecule has 0 bridgehead atoms. The molecule has 0 fully saturated rings. The fraction of sp³-hybridized carbons (Fsp3) is 0.0741. The first-order chi connectivity index (χ1) is 16.7. The molecule has 3 aromatic carbocycles. The van der Waals surface area contributed by atoms with Gasteiger partial charge in [-0.2, -0.15) is 5.10 Å². The van der Waals surface area contributed by atoms with E-state index in [-0.39, 0.29) is 6.04 Å². The van der Waals surface area contributed by atoms with E-state index in [1.165, 1.54) is 4.88 Å². The summed E-state index contributed by atoms with van der Waals surface area (Å²) >= 11 is 11.5. The van der Waals surface area contributed by atoms with Gasteiger partial charge < -0.3 is 0 Å². The number of hydrogen-bond acceptors (Lipinski definition) is 5. The zero-order valence-corrected chi connectivity index (χ0v) is 21.1. The summed E-state index contributed by atoms with van der Waals surface area (Å²) in [6.45, 7) is 0. The molecule has 0 radical (unpaired) electrons. The maximum Gasteiger partial charge on any atom is 0.247 e. The van der Waals surface area contributed by atoms with E-state index in [0.717, 1.165) is 44.3 Å². The summed E-state index contributed by atoms with van der Waals surface area (Å²) in [5.41, 5.74) is 4.94. The first-order valence-electron chi connectivity index (χ1n) is 10.8. The lowest BCUT2D eigenvalue weighted by Crippen LogP contribution is -2.21. The molecule has 0 saturated heterocycles. The minimum atomic E-state index is -0.00571. The SMILES string of the molecule is Clc1ccc(-c2nc(N3N=C(c4cccs4)C[C@H]3c3cccc(Br)c3)nc3ccccc23)cc1. The molecule has 0 aliphatic carbocycles. The smallest absolute Gasteiger partial charge is 0.223 e. The maximum absolute atomic E-state index is 6.16. The Balaban J connectivity index is 1.53. The second-order valence-corrected chi connectivity index (χ2v) is 10.3. The monoisotopic (exact) mass is 544 g/mol. The van der Waals surface area contributed by atoms with E-state index in [2.05, 4.69) is 57.7 Å². The molecule has 6 rings (SSSR count). The molecular formula is C27H18BrClN4S. The van der Waals surface area contributed by atoms with Gasteiger partial charge in [0, 0.05) is 26.9 Å². The highest BCUT2D eigenvalue weighted by atomic mass is 79.9. The average molecular weight is 546 g/mol. The van der Waals surface area contributed by atoms with Crippen molar-refractivity contribution in [3.63, 3.8) is 0 Å². The molecule has 3 heterocycles. The maximum atomic E-state index is 6.16. The summed E-state index contributed by atoms with van der Waals surface area (Å²) in [6, 6.07) is 28.4. The van der Waals surface area contributed by atoms with Gasteiger partial charge in [0.1, 0.15) is 0 Å². The molecule has 0 amide bonds. The van der Waals surface area contributed by atoms with Gasteiger partial charge in [-0.05, 0) is 47.3 Å². The molecule has 166 valence electrons. The van der Waals surface area contributed by atoms with Crippen LogP contribution in [0.15, 0.2) is 99.9 Å². The van der Waals surface area contributed by atoms with Crippen LogP contribution in [0.5, 0.6) is 0 Å². The second-order valence-electron chi connectivity index (χ2n) is 8.04. The van der Waals surface area contributed by atoms with Crippen molar-refractivity contribution in [2.45, 2.75) is 12.5 Å². The third kappa shape index (κ3) is 4.02. The van der Waals surface area contributed by atoms with E-state index in [1.807, 2.05) is 53.5 Å². The molecule has 4 nitrogen and oxygen atoms in total. The molecule has 7 heteroatoms. The number of thiophene rings is 1. The van der Waals surface area contributed by atoms with Crippen molar-refractivity contribution in [1.82, 2.24) is 9.97 Å². The lowest BCUT2D eigenvalue weighted by atomic mass is 10.0. The van der Waals surface area contributed by atoms with E-state index < -0.39 is 0 Å². The first-order valence-corrected chi connectivity index (χ1v) is 12.9. The van der Waals surface area contributed by atoms with Gasteiger partial charge in [-0.3, -0.25) is 0 Å². The van der Waals surface area contributed by atoms with Crippen molar-refractivity contribution in [2.75, 3.05) is 5.01 Å². The largest absolute Gasteiger partial charge is 0.247 e. The molecule has 0 saturated carbocycles. The quantitative estimate of drug-likeness (QED) is 0.229. The predicted molar refractivity (Wildman–Crippen MR) is 145 cm³/mol. The van der Waals surface area contributed by atoms with Crippen LogP contribution in [-0.2, 0) is 0 Å². The summed E-state index contributed by atoms with van der Waals surface area (Å²) in [4.78, 5) is 11.2. The van der Waals surface area contributed by atoms with Gasteiger partial charge >= 0.3 is 0 Å². The Bertz CT molecular complexity index is 1520. The molecule has 0 unspecified atom stereocenters. The van der Waals surface area contributed by atoms with Gasteiger partial charge in [0.15, 0.2) is 0 Å². The van der Waals surface area contributed by atoms with Crippen LogP contribution in [0, 0.1) is 0 Å². The zero-order valence-electron chi connectivity index (χ0n) is 17.9. The van der Waals surface area contributed by atoms with E-state index in [0.29, 0.717) is 11.0 Å². The predicted octanol–water partition coefficient (Wildman–Crippen LogP) is 8.13. The molecule has 0 spiro atoms. The Morgan fingerprint density at radius 2 is 1.76 bits per heavy atom. The summed E-state index contributed by atoms with van der Waals surface area (Å²) in [7, 11) is 0. The van der Waals surface area contributed by atoms with Crippen molar-refractivity contribution in [3.8, 4) is 11.3 Å². The highest BCUT2D eigenvalue weighted by Crippen LogP contribution is 2.38. The number of hydrogen-bond donors (Lipinski definition) is 0. The fourth-order valence-electron chi connectivity index (χ4n) is 4.25. The Morgan fingerprint density at radius 1 is 0.912 bits per heavy atom. The van der Waals surface area contributed by atoms with Crippen molar-refractivity contribution in [1.29, 1.82) is 0 Å². The third-order valence-electron chi connectivity index (χ3n) is 5.86. The van der Waals surface area contributed by atoms with Crippen molar-refractivity contribution in [3.05, 3.63) is 110 Å². The van der Waals surface area contributed by atoms with Crippen LogP contribution >= 0.6 is 38.9 Å². The van der Waals surface area contributed by atoms with Crippen LogP contribution in [0.25, 0.3) is 22.2 Å². The number of aromatic nitrogens is 2. The van der Waals surface area contributed by atoms with Gasteiger partial charge in [-0.25, -0.2) is 15.0 Å². The number of benzene rings is 3. The molecule has 1 atom stereocenters. The number of hydrazone groups is 1. The Labute approximate surface area is 214 Å². The molecule has 0 N–H and O–H groups in total. The minimum absolute atomic E-state index is 0.00571. The van der Waals surface area contributed by atoms with E-state index in [9.17, 15) is 0 Å². The normalized spacial score (nSPS) is 15.6. The number of fused-ring (bicyclic) bond motifs is 1. The van der Waals surface area contributed by atoms with Crippen molar-refractivity contribution < 1.29 is 0 Å². The van der Waals surface area contributed by atoms with E-state index in [4.69, 9.17) is 26.7 Å². The standard InChI is InChI=1S/C27H18BrClN4S/c28-19-6-3-5-18(15-19)24-16-23(25-9-4-14-34-25)32-33(24)27-30-22-8-2-1-7-21(22)26(31-27)17-10-12-20(29)13-11-17/h1-15,24H,16H2/t24-/m0/s1. The highest BCUT2D eigenvalue weighted by molar-refractivity contribution is 9.10. The number of halogens is 2. The lowest BCUT2D eigenvalue weighted by molar-refractivity contribution is 0.688. The van der Waals surface area contributed by atoms with Crippen LogP contribution < -0.4 is 5.01 Å². The molecular weight excluding hydrogens is 528 g/mol. The van der Waals surface area contributed by atoms with Crippen LogP contribution in [-0.4, -0.2) is 15.7 Å². The van der Waals surface area contributed by atoms with E-state index in [1.54, 1.807) is 11.3 Å². The topological polar surface area (TPSA) is 41.4 Å². The minimum Gasteiger partial charge on any atom is -0.223 e. The number of anilines is 1. The third-order valence-corrected chi connectivity index (χ3v) is 7.53. The summed E-state index contributed by atoms with van der Waals surface area (Å²) in [5.74, 6) is 0.584. The first kappa shape index (κ1) is 21.5. The van der Waals surface area contributed by atoms with Gasteiger partial charge in [-0.15, -0.1) is 11.3 Å². The van der Waals surface area contributed by atoms with Crippen molar-refractivity contribution >= 4 is 61.4 Å². The lowest BCUT2D eigenvalue weighted by Gasteiger charge is -2.23. The van der Waals surface area contributed by atoms with Gasteiger partial charge in [0.05, 0.1) is 27.8 Å². The van der Waals surface area contributed by atoms with Crippen LogP contribution in [0.3, 0.4) is 0 Å². The van der Waals surface area contributed by atoms with Crippen LogP contribution in [0.1, 0.15) is 22.9 Å². The summed E-state index contributed by atoms with van der Waals surface area (Å²) < 4.78 is 1.04. The Hall–Kier alpha value is -3.06. The van der Waals surface area contributed by atoms with Crippen LogP contribution in [0.4, 0.5) is 5.95 Å². The second kappa shape index (κ2) is 8.95. The van der Waals surface area contributed by atoms with Gasteiger partial charge in [0.25, 0.3) is 0 Å². The Morgan fingerprint density at radius 3 is 2.56 bits per heavy atom. The van der Waals surface area contributed by atoms with Crippen molar-refractivity contribution in [2.24, 2.45) is 5.10 Å².